The number of para-hydroxylation sites is 2. The van der Waals surface area contributed by atoms with E-state index in [-0.39, 0.29) is 5.91 Å². The van der Waals surface area contributed by atoms with Crippen LogP contribution in [0.2, 0.25) is 0 Å². The Morgan fingerprint density at radius 3 is 1.82 bits per heavy atom. The molecule has 0 amide bonds. The number of aryl methyl sites for hydroxylation is 2. The molecule has 0 atom stereocenters. The largest absolute Gasteiger partial charge is 0.330 e. The number of aromatic nitrogens is 8. The normalized spacial score (nSPS) is 10.5. The molecule has 0 unspecified atom stereocenters. The molecule has 6 aromatic rings. The zero-order valence-electron chi connectivity index (χ0n) is 21.3. The van der Waals surface area contributed by atoms with Gasteiger partial charge in [-0.2, -0.15) is 28.9 Å². The first-order valence-electron chi connectivity index (χ1n) is 11.9. The Kier molecular flexibility index (Phi) is 7.80. The van der Waals surface area contributed by atoms with Crippen molar-refractivity contribution in [3.05, 3.63) is 84.4 Å². The molecule has 0 aliphatic carbocycles. The lowest BCUT2D eigenvalue weighted by molar-refractivity contribution is 0.0921. The second-order valence-electron chi connectivity index (χ2n) is 8.33. The van der Waals surface area contributed by atoms with Crippen molar-refractivity contribution in [3.8, 4) is 22.8 Å². The summed E-state index contributed by atoms with van der Waals surface area (Å²) in [6.45, 7) is 5.25. The third-order valence-electron chi connectivity index (χ3n) is 5.44. The zero-order chi connectivity index (χ0) is 27.2. The fourth-order valence-electron chi connectivity index (χ4n) is 3.47. The molecule has 0 radical (unpaired) electrons. The average molecular weight is 557 g/mol. The van der Waals surface area contributed by atoms with Crippen LogP contribution in [-0.4, -0.2) is 44.6 Å². The lowest BCUT2D eigenvalue weighted by Gasteiger charge is -1.99. The molecular weight excluding hydrogens is 532 g/mol. The van der Waals surface area contributed by atoms with Gasteiger partial charge in [-0.1, -0.05) is 36.4 Å². The van der Waals surface area contributed by atoms with Crippen molar-refractivity contribution in [3.63, 3.8) is 0 Å². The number of nitrogens with zero attached hydrogens (tertiary/aromatic N) is 7. The van der Waals surface area contributed by atoms with Gasteiger partial charge in [-0.05, 0) is 38.1 Å². The van der Waals surface area contributed by atoms with E-state index in [1.807, 2.05) is 74.5 Å². The molecule has 0 saturated heterocycles. The SMILES string of the molecule is CC(=O)n1cc(-c2nsc(Nc3ccccc3)n2)c(C)n1.Cc1[nH]ncc1-c1nsc(Nc2ccccc2)n1. The van der Waals surface area contributed by atoms with Crippen molar-refractivity contribution < 1.29 is 4.79 Å². The summed E-state index contributed by atoms with van der Waals surface area (Å²) in [4.78, 5) is 20.2. The Hall–Kier alpha value is -4.75. The molecule has 11 nitrogen and oxygen atoms in total. The van der Waals surface area contributed by atoms with Gasteiger partial charge in [-0.3, -0.25) is 9.89 Å². The first-order chi connectivity index (χ1) is 19.0. The van der Waals surface area contributed by atoms with E-state index >= 15 is 0 Å². The quantitative estimate of drug-likeness (QED) is 0.222. The van der Waals surface area contributed by atoms with Gasteiger partial charge in [-0.25, -0.2) is 4.68 Å². The molecule has 2 aromatic carbocycles. The van der Waals surface area contributed by atoms with Crippen LogP contribution in [-0.2, 0) is 0 Å². The van der Waals surface area contributed by atoms with Crippen molar-refractivity contribution in [1.29, 1.82) is 0 Å². The number of aromatic amines is 1. The van der Waals surface area contributed by atoms with E-state index in [1.165, 1.54) is 34.7 Å². The van der Waals surface area contributed by atoms with Gasteiger partial charge < -0.3 is 10.6 Å². The third kappa shape index (κ3) is 6.40. The second-order valence-corrected chi connectivity index (χ2v) is 9.83. The molecule has 196 valence electrons. The smallest absolute Gasteiger partial charge is 0.243 e. The first-order valence-corrected chi connectivity index (χ1v) is 13.4. The molecule has 3 N–H and O–H groups in total. The van der Waals surface area contributed by atoms with Gasteiger partial charge in [0.15, 0.2) is 11.6 Å². The summed E-state index contributed by atoms with van der Waals surface area (Å²) >= 11 is 2.61. The summed E-state index contributed by atoms with van der Waals surface area (Å²) in [6, 6.07) is 19.7. The maximum atomic E-state index is 11.3. The first kappa shape index (κ1) is 25.9. The molecule has 39 heavy (non-hydrogen) atoms. The number of benzene rings is 2. The number of anilines is 4. The Labute approximate surface area is 232 Å². The molecule has 0 spiro atoms. The van der Waals surface area contributed by atoms with Crippen LogP contribution in [0.25, 0.3) is 22.8 Å². The second kappa shape index (κ2) is 11.8. The highest BCUT2D eigenvalue weighted by atomic mass is 32.1. The lowest BCUT2D eigenvalue weighted by Crippen LogP contribution is -2.05. The zero-order valence-corrected chi connectivity index (χ0v) is 22.9. The van der Waals surface area contributed by atoms with E-state index in [1.54, 1.807) is 12.4 Å². The van der Waals surface area contributed by atoms with Gasteiger partial charge in [-0.15, -0.1) is 0 Å². The van der Waals surface area contributed by atoms with Gasteiger partial charge in [0.25, 0.3) is 0 Å². The van der Waals surface area contributed by atoms with Gasteiger partial charge in [0.1, 0.15) is 0 Å². The van der Waals surface area contributed by atoms with Gasteiger partial charge in [0.05, 0.1) is 23.0 Å². The van der Waals surface area contributed by atoms with Gasteiger partial charge in [0.2, 0.25) is 16.2 Å². The summed E-state index contributed by atoms with van der Waals surface area (Å²) in [5, 5.41) is 18.9. The van der Waals surface area contributed by atoms with Crippen LogP contribution in [0.5, 0.6) is 0 Å². The van der Waals surface area contributed by atoms with Crippen molar-refractivity contribution in [1.82, 2.24) is 38.7 Å². The fourth-order valence-corrected chi connectivity index (χ4v) is 4.68. The van der Waals surface area contributed by atoms with Crippen molar-refractivity contribution in [2.75, 3.05) is 10.6 Å². The minimum atomic E-state index is -0.137. The Bertz CT molecular complexity index is 1670. The van der Waals surface area contributed by atoms with E-state index in [2.05, 4.69) is 44.6 Å². The number of hydrogen-bond acceptors (Lipinski definition) is 11. The minimum absolute atomic E-state index is 0.137. The van der Waals surface area contributed by atoms with Gasteiger partial charge in [0, 0.05) is 53.3 Å². The topological polar surface area (TPSA) is 139 Å². The minimum Gasteiger partial charge on any atom is -0.330 e. The highest BCUT2D eigenvalue weighted by Gasteiger charge is 2.14. The van der Waals surface area contributed by atoms with Crippen LogP contribution in [0, 0.1) is 13.8 Å². The molecule has 0 aliphatic rings. The predicted molar refractivity (Wildman–Crippen MR) is 154 cm³/mol. The Morgan fingerprint density at radius 2 is 1.36 bits per heavy atom. The van der Waals surface area contributed by atoms with Crippen LogP contribution in [0.15, 0.2) is 73.1 Å². The molecule has 6 rings (SSSR count). The average Bonchev–Trinajstić information content (AvgIpc) is 3.74. The highest BCUT2D eigenvalue weighted by molar-refractivity contribution is 7.10. The highest BCUT2D eigenvalue weighted by Crippen LogP contribution is 2.26. The van der Waals surface area contributed by atoms with E-state index in [0.29, 0.717) is 16.8 Å². The number of hydrogen-bond donors (Lipinski definition) is 3. The van der Waals surface area contributed by atoms with E-state index in [4.69, 9.17) is 0 Å². The molecule has 4 aromatic heterocycles. The van der Waals surface area contributed by atoms with Crippen LogP contribution < -0.4 is 10.6 Å². The summed E-state index contributed by atoms with van der Waals surface area (Å²) in [6.07, 6.45) is 3.40. The van der Waals surface area contributed by atoms with Crippen LogP contribution in [0.3, 0.4) is 0 Å². The number of carbonyl (C=O) groups excluding carboxylic acids is 1. The van der Waals surface area contributed by atoms with Crippen molar-refractivity contribution in [2.45, 2.75) is 20.8 Å². The molecule has 0 fully saturated rings. The van der Waals surface area contributed by atoms with Crippen LogP contribution in [0.4, 0.5) is 21.6 Å². The maximum absolute atomic E-state index is 11.3. The molecule has 0 bridgehead atoms. The van der Waals surface area contributed by atoms with Crippen molar-refractivity contribution >= 4 is 50.6 Å². The number of nitrogens with one attached hydrogen (secondary N) is 3. The summed E-state index contributed by atoms with van der Waals surface area (Å²) in [5.74, 6) is 1.13. The summed E-state index contributed by atoms with van der Waals surface area (Å²) in [5.41, 5.74) is 5.36. The molecule has 0 saturated carbocycles. The molecule has 13 heteroatoms. The Morgan fingerprint density at radius 1 is 0.821 bits per heavy atom. The standard InChI is InChI=1S/C14H13N5OS.C12H11N5S/c1-9-12(8-19(17-9)10(2)20)13-16-14(21-18-13)15-11-6-4-3-5-7-11;1-8-10(7-13-16-8)11-15-12(18-17-11)14-9-5-3-2-4-6-9/h3-8H,1-2H3,(H,15,16,18);2-7H,1H3,(H,13,16)(H,14,15,17). The number of rotatable bonds is 6. The Balaban J connectivity index is 0.000000160. The fraction of sp³-hybridized carbons (Fsp3) is 0.115. The van der Waals surface area contributed by atoms with Crippen molar-refractivity contribution in [2.24, 2.45) is 0 Å². The van der Waals surface area contributed by atoms with Gasteiger partial charge >= 0.3 is 0 Å². The molecule has 0 aliphatic heterocycles. The predicted octanol–water partition coefficient (Wildman–Crippen LogP) is 6.09. The maximum Gasteiger partial charge on any atom is 0.243 e. The monoisotopic (exact) mass is 556 g/mol. The van der Waals surface area contributed by atoms with Crippen LogP contribution >= 0.6 is 23.1 Å². The molecule has 4 heterocycles. The summed E-state index contributed by atoms with van der Waals surface area (Å²) in [7, 11) is 0. The lowest BCUT2D eigenvalue weighted by atomic mass is 10.2. The molecular formula is C26H24N10OS2. The van der Waals surface area contributed by atoms with E-state index in [9.17, 15) is 4.79 Å². The van der Waals surface area contributed by atoms with E-state index < -0.39 is 0 Å². The third-order valence-corrected chi connectivity index (χ3v) is 6.70. The number of carbonyl (C=O) groups is 1. The summed E-state index contributed by atoms with van der Waals surface area (Å²) < 4.78 is 9.94. The van der Waals surface area contributed by atoms with Crippen LogP contribution in [0.1, 0.15) is 23.1 Å². The van der Waals surface area contributed by atoms with E-state index in [0.717, 1.165) is 39.0 Å². The number of H-pyrrole nitrogens is 1.